The minimum Gasteiger partial charge on any atom is -0.455 e. The molecule has 3 aromatic rings. The Morgan fingerprint density at radius 3 is 2.59 bits per heavy atom. The van der Waals surface area contributed by atoms with Crippen LogP contribution in [0.1, 0.15) is 23.9 Å². The fourth-order valence-corrected chi connectivity index (χ4v) is 2.83. The van der Waals surface area contributed by atoms with Gasteiger partial charge in [-0.15, -0.1) is 0 Å². The highest BCUT2D eigenvalue weighted by atomic mass is 16.5. The number of nitrogens with zero attached hydrogens (tertiary/aromatic N) is 4. The lowest BCUT2D eigenvalue weighted by atomic mass is 10.1. The Balaban J connectivity index is 1.57. The lowest BCUT2D eigenvalue weighted by Crippen LogP contribution is -2.22. The van der Waals surface area contributed by atoms with E-state index in [9.17, 15) is 14.4 Å². The van der Waals surface area contributed by atoms with E-state index < -0.39 is 18.5 Å². The zero-order valence-corrected chi connectivity index (χ0v) is 16.2. The normalized spacial score (nSPS) is 10.6. The summed E-state index contributed by atoms with van der Waals surface area (Å²) in [5, 5.41) is 9.31. The Morgan fingerprint density at radius 2 is 1.86 bits per heavy atom. The van der Waals surface area contributed by atoms with Crippen molar-refractivity contribution in [2.45, 2.75) is 27.2 Å². The van der Waals surface area contributed by atoms with Crippen molar-refractivity contribution >= 4 is 34.9 Å². The van der Waals surface area contributed by atoms with Crippen LogP contribution >= 0.6 is 0 Å². The molecule has 150 valence electrons. The number of anilines is 2. The molecule has 0 saturated heterocycles. The first-order chi connectivity index (χ1) is 13.8. The molecule has 10 heteroatoms. The van der Waals surface area contributed by atoms with Crippen molar-refractivity contribution in [3.8, 4) is 0 Å². The van der Waals surface area contributed by atoms with E-state index in [0.717, 1.165) is 5.69 Å². The van der Waals surface area contributed by atoms with Crippen LogP contribution in [0.15, 0.2) is 30.6 Å². The van der Waals surface area contributed by atoms with Gasteiger partial charge in [0.1, 0.15) is 6.33 Å². The third-order valence-electron chi connectivity index (χ3n) is 4.14. The molecule has 0 unspecified atom stereocenters. The van der Waals surface area contributed by atoms with E-state index in [2.05, 4.69) is 25.7 Å². The monoisotopic (exact) mass is 396 g/mol. The molecule has 2 N–H and O–H groups in total. The standard InChI is InChI=1S/C19H20N6O4/c1-11-16(12(2)25-19(22-11)20-10-21-25)8-18(28)29-9-17(27)24-15-6-4-5-14(7-15)23-13(3)26/h4-7,10H,8-9H2,1-3H3,(H,23,26)(H,24,27). The molecule has 0 aliphatic heterocycles. The van der Waals surface area contributed by atoms with Gasteiger partial charge in [-0.25, -0.2) is 9.50 Å². The Hall–Kier alpha value is -3.82. The van der Waals surface area contributed by atoms with Gasteiger partial charge in [0.05, 0.1) is 6.42 Å². The Bertz CT molecular complexity index is 1090. The minimum absolute atomic E-state index is 0.0359. The maximum Gasteiger partial charge on any atom is 0.310 e. The third-order valence-corrected chi connectivity index (χ3v) is 4.14. The van der Waals surface area contributed by atoms with Gasteiger partial charge in [0, 0.05) is 35.2 Å². The molecule has 0 bridgehead atoms. The highest BCUT2D eigenvalue weighted by Crippen LogP contribution is 2.16. The van der Waals surface area contributed by atoms with E-state index in [1.165, 1.54) is 13.3 Å². The number of hydrogen-bond donors (Lipinski definition) is 2. The van der Waals surface area contributed by atoms with Crippen molar-refractivity contribution in [3.63, 3.8) is 0 Å². The average Bonchev–Trinajstić information content (AvgIpc) is 3.11. The van der Waals surface area contributed by atoms with Crippen molar-refractivity contribution in [1.82, 2.24) is 19.6 Å². The molecule has 0 atom stereocenters. The van der Waals surface area contributed by atoms with Crippen LogP contribution < -0.4 is 10.6 Å². The van der Waals surface area contributed by atoms with Crippen LogP contribution in [0.25, 0.3) is 5.78 Å². The topological polar surface area (TPSA) is 128 Å². The highest BCUT2D eigenvalue weighted by molar-refractivity contribution is 5.94. The predicted molar refractivity (Wildman–Crippen MR) is 104 cm³/mol. The number of aromatic nitrogens is 4. The van der Waals surface area contributed by atoms with Crippen LogP contribution in [-0.2, 0) is 25.5 Å². The van der Waals surface area contributed by atoms with Crippen LogP contribution in [0, 0.1) is 13.8 Å². The molecule has 0 radical (unpaired) electrons. The molecule has 1 aromatic carbocycles. The van der Waals surface area contributed by atoms with Crippen molar-refractivity contribution in [2.24, 2.45) is 0 Å². The molecule has 2 heterocycles. The summed E-state index contributed by atoms with van der Waals surface area (Å²) < 4.78 is 6.63. The van der Waals surface area contributed by atoms with Crippen LogP contribution in [-0.4, -0.2) is 44.0 Å². The zero-order chi connectivity index (χ0) is 21.0. The van der Waals surface area contributed by atoms with Gasteiger partial charge >= 0.3 is 5.97 Å². The molecule has 0 aliphatic carbocycles. The summed E-state index contributed by atoms with van der Waals surface area (Å²) in [5.74, 6) is -0.805. The maximum absolute atomic E-state index is 12.2. The molecule has 3 rings (SSSR count). The van der Waals surface area contributed by atoms with E-state index >= 15 is 0 Å². The van der Waals surface area contributed by atoms with E-state index in [4.69, 9.17) is 4.74 Å². The third kappa shape index (κ3) is 4.92. The van der Waals surface area contributed by atoms with Gasteiger partial charge in [-0.05, 0) is 32.0 Å². The fraction of sp³-hybridized carbons (Fsp3) is 0.263. The second-order valence-electron chi connectivity index (χ2n) is 6.38. The number of hydrogen-bond acceptors (Lipinski definition) is 7. The smallest absolute Gasteiger partial charge is 0.310 e. The van der Waals surface area contributed by atoms with Gasteiger partial charge in [0.2, 0.25) is 5.91 Å². The summed E-state index contributed by atoms with van der Waals surface area (Å²) >= 11 is 0. The van der Waals surface area contributed by atoms with Crippen molar-refractivity contribution in [3.05, 3.63) is 47.5 Å². The van der Waals surface area contributed by atoms with Gasteiger partial charge in [-0.3, -0.25) is 14.4 Å². The number of carbonyl (C=O) groups is 3. The number of fused-ring (bicyclic) bond motifs is 1. The molecule has 29 heavy (non-hydrogen) atoms. The summed E-state index contributed by atoms with van der Waals surface area (Å²) in [4.78, 5) is 43.7. The van der Waals surface area contributed by atoms with E-state index in [1.54, 1.807) is 35.7 Å². The average molecular weight is 396 g/mol. The predicted octanol–water partition coefficient (Wildman–Crippen LogP) is 1.42. The highest BCUT2D eigenvalue weighted by Gasteiger charge is 2.16. The van der Waals surface area contributed by atoms with Crippen molar-refractivity contribution < 1.29 is 19.1 Å². The fourth-order valence-electron chi connectivity index (χ4n) is 2.83. The first kappa shape index (κ1) is 19.9. The molecule has 0 saturated carbocycles. The summed E-state index contributed by atoms with van der Waals surface area (Å²) in [5.41, 5.74) is 3.09. The number of carbonyl (C=O) groups excluding carboxylic acids is 3. The second-order valence-corrected chi connectivity index (χ2v) is 6.38. The molecule has 0 spiro atoms. The minimum atomic E-state index is -0.556. The Kier molecular flexibility index (Phi) is 5.82. The second kappa shape index (κ2) is 8.46. The lowest BCUT2D eigenvalue weighted by Gasteiger charge is -2.11. The molecule has 2 amide bonds. The number of benzene rings is 1. The number of esters is 1. The molecule has 2 aromatic heterocycles. The number of amides is 2. The molecular formula is C19H20N6O4. The van der Waals surface area contributed by atoms with E-state index in [0.29, 0.717) is 28.4 Å². The van der Waals surface area contributed by atoms with Gasteiger partial charge in [-0.2, -0.15) is 10.1 Å². The van der Waals surface area contributed by atoms with Crippen molar-refractivity contribution in [2.75, 3.05) is 17.2 Å². The van der Waals surface area contributed by atoms with Gasteiger partial charge in [0.15, 0.2) is 6.61 Å². The zero-order valence-electron chi connectivity index (χ0n) is 16.2. The van der Waals surface area contributed by atoms with Gasteiger partial charge < -0.3 is 15.4 Å². The maximum atomic E-state index is 12.2. The number of rotatable bonds is 6. The Labute approximate surface area is 166 Å². The summed E-state index contributed by atoms with van der Waals surface area (Å²) in [6.45, 7) is 4.55. The molecule has 0 fully saturated rings. The van der Waals surface area contributed by atoms with Crippen LogP contribution in [0.4, 0.5) is 11.4 Å². The van der Waals surface area contributed by atoms with E-state index in [1.807, 2.05) is 6.92 Å². The largest absolute Gasteiger partial charge is 0.455 e. The number of ether oxygens (including phenoxy) is 1. The SMILES string of the molecule is CC(=O)Nc1cccc(NC(=O)COC(=O)Cc2c(C)nc3ncnn3c2C)c1. The van der Waals surface area contributed by atoms with Gasteiger partial charge in [-0.1, -0.05) is 6.07 Å². The summed E-state index contributed by atoms with van der Waals surface area (Å²) in [6, 6.07) is 6.65. The lowest BCUT2D eigenvalue weighted by molar-refractivity contribution is -0.146. The van der Waals surface area contributed by atoms with Crippen molar-refractivity contribution in [1.29, 1.82) is 0 Å². The van der Waals surface area contributed by atoms with Crippen LogP contribution in [0.3, 0.4) is 0 Å². The molecule has 10 nitrogen and oxygen atoms in total. The molecule has 0 aliphatic rings. The number of aryl methyl sites for hydroxylation is 2. The summed E-state index contributed by atoms with van der Waals surface area (Å²) in [7, 11) is 0. The summed E-state index contributed by atoms with van der Waals surface area (Å²) in [6.07, 6.45) is 1.36. The van der Waals surface area contributed by atoms with Crippen LogP contribution in [0.5, 0.6) is 0 Å². The molecular weight excluding hydrogens is 376 g/mol. The number of nitrogens with one attached hydrogen (secondary N) is 2. The van der Waals surface area contributed by atoms with Gasteiger partial charge in [0.25, 0.3) is 11.7 Å². The first-order valence-electron chi connectivity index (χ1n) is 8.82. The van der Waals surface area contributed by atoms with Crippen LogP contribution in [0.2, 0.25) is 0 Å². The van der Waals surface area contributed by atoms with E-state index in [-0.39, 0.29) is 12.3 Å². The first-order valence-corrected chi connectivity index (χ1v) is 8.82. The Morgan fingerprint density at radius 1 is 1.14 bits per heavy atom. The quantitative estimate of drug-likeness (QED) is 0.603.